The lowest BCUT2D eigenvalue weighted by molar-refractivity contribution is -0.140. The molecule has 0 aliphatic carbocycles. The van der Waals surface area contributed by atoms with Crippen molar-refractivity contribution in [3.8, 4) is 0 Å². The van der Waals surface area contributed by atoms with Gasteiger partial charge in [-0.15, -0.1) is 0 Å². The number of nitrogens with one attached hydrogen (secondary N) is 1. The van der Waals surface area contributed by atoms with Gasteiger partial charge in [-0.25, -0.2) is 4.79 Å². The standard InChI is InChI=1S/C9H16N2O4S/c1-7(8(12)13)6-16(15)5-4-11-3-2-10-9(11)14/h7H,2-6H2,1H3,(H,10,14)(H,12,13). The number of amides is 2. The van der Waals surface area contributed by atoms with E-state index in [1.54, 1.807) is 4.90 Å². The monoisotopic (exact) mass is 248 g/mol. The van der Waals surface area contributed by atoms with Crippen molar-refractivity contribution in [3.05, 3.63) is 0 Å². The van der Waals surface area contributed by atoms with E-state index in [0.717, 1.165) is 0 Å². The number of carbonyl (C=O) groups is 2. The summed E-state index contributed by atoms with van der Waals surface area (Å²) in [5, 5.41) is 11.3. The van der Waals surface area contributed by atoms with Crippen LogP contribution >= 0.6 is 0 Å². The van der Waals surface area contributed by atoms with Crippen LogP contribution in [0.1, 0.15) is 6.92 Å². The van der Waals surface area contributed by atoms with E-state index in [4.69, 9.17) is 5.11 Å². The van der Waals surface area contributed by atoms with E-state index in [1.165, 1.54) is 6.92 Å². The Morgan fingerprint density at radius 2 is 2.38 bits per heavy atom. The van der Waals surface area contributed by atoms with Gasteiger partial charge >= 0.3 is 12.0 Å². The maximum Gasteiger partial charge on any atom is 0.317 e. The molecule has 92 valence electrons. The number of carbonyl (C=O) groups excluding carboxylic acids is 1. The number of urea groups is 1. The molecule has 6 nitrogen and oxygen atoms in total. The van der Waals surface area contributed by atoms with Gasteiger partial charge in [0.25, 0.3) is 0 Å². The summed E-state index contributed by atoms with van der Waals surface area (Å²) in [7, 11) is -1.18. The normalized spacial score (nSPS) is 19.3. The van der Waals surface area contributed by atoms with Gasteiger partial charge in [-0.3, -0.25) is 9.00 Å². The number of rotatable bonds is 6. The van der Waals surface area contributed by atoms with Gasteiger partial charge < -0.3 is 15.3 Å². The molecule has 0 radical (unpaired) electrons. The van der Waals surface area contributed by atoms with Crippen molar-refractivity contribution in [2.75, 3.05) is 31.1 Å². The van der Waals surface area contributed by atoms with Gasteiger partial charge in [-0.2, -0.15) is 0 Å². The van der Waals surface area contributed by atoms with E-state index in [-0.39, 0.29) is 11.8 Å². The molecule has 2 unspecified atom stereocenters. The molecule has 2 atom stereocenters. The molecule has 1 fully saturated rings. The van der Waals surface area contributed by atoms with Gasteiger partial charge in [0.1, 0.15) is 0 Å². The number of carboxylic acids is 1. The van der Waals surface area contributed by atoms with E-state index in [0.29, 0.717) is 25.4 Å². The predicted molar refractivity (Wildman–Crippen MR) is 59.6 cm³/mol. The molecule has 0 saturated carbocycles. The van der Waals surface area contributed by atoms with Crippen LogP contribution in [0, 0.1) is 5.92 Å². The molecule has 1 aliphatic rings. The highest BCUT2D eigenvalue weighted by Gasteiger charge is 2.20. The first-order valence-corrected chi connectivity index (χ1v) is 6.60. The Morgan fingerprint density at radius 1 is 1.69 bits per heavy atom. The predicted octanol–water partition coefficient (Wildman–Crippen LogP) is -0.519. The first-order valence-electron chi connectivity index (χ1n) is 5.11. The van der Waals surface area contributed by atoms with Crippen LogP contribution in [0.3, 0.4) is 0 Å². The first kappa shape index (κ1) is 13.0. The van der Waals surface area contributed by atoms with E-state index >= 15 is 0 Å². The highest BCUT2D eigenvalue weighted by atomic mass is 32.2. The molecule has 2 amide bonds. The van der Waals surface area contributed by atoms with Gasteiger partial charge in [0.15, 0.2) is 0 Å². The second kappa shape index (κ2) is 5.83. The molecule has 1 saturated heterocycles. The Balaban J connectivity index is 2.24. The van der Waals surface area contributed by atoms with Crippen LogP contribution < -0.4 is 5.32 Å². The maximum atomic E-state index is 11.5. The zero-order valence-corrected chi connectivity index (χ0v) is 9.96. The minimum absolute atomic E-state index is 0.136. The van der Waals surface area contributed by atoms with Crippen LogP contribution in [-0.2, 0) is 15.6 Å². The van der Waals surface area contributed by atoms with Crippen LogP contribution in [0.4, 0.5) is 4.79 Å². The summed E-state index contributed by atoms with van der Waals surface area (Å²) in [5.74, 6) is -1.06. The number of carboxylic acid groups (broad SMARTS) is 1. The topological polar surface area (TPSA) is 86.7 Å². The molecule has 2 N–H and O–H groups in total. The van der Waals surface area contributed by atoms with E-state index in [2.05, 4.69) is 5.32 Å². The summed E-state index contributed by atoms with van der Waals surface area (Å²) >= 11 is 0. The third kappa shape index (κ3) is 3.80. The molecule has 1 rings (SSSR count). The fraction of sp³-hybridized carbons (Fsp3) is 0.778. The van der Waals surface area contributed by atoms with E-state index in [9.17, 15) is 13.8 Å². The summed E-state index contributed by atoms with van der Waals surface area (Å²) in [5.41, 5.74) is 0. The fourth-order valence-corrected chi connectivity index (χ4v) is 2.66. The smallest absolute Gasteiger partial charge is 0.317 e. The quantitative estimate of drug-likeness (QED) is 0.662. The lowest BCUT2D eigenvalue weighted by atomic mass is 10.2. The number of aliphatic carboxylic acids is 1. The average Bonchev–Trinajstić information content (AvgIpc) is 2.61. The van der Waals surface area contributed by atoms with Gasteiger partial charge in [0.2, 0.25) is 0 Å². The number of hydrogen-bond acceptors (Lipinski definition) is 3. The van der Waals surface area contributed by atoms with Gasteiger partial charge in [0.05, 0.1) is 5.92 Å². The molecule has 0 aromatic rings. The third-order valence-electron chi connectivity index (χ3n) is 2.39. The Morgan fingerprint density at radius 3 is 2.88 bits per heavy atom. The largest absolute Gasteiger partial charge is 0.481 e. The van der Waals surface area contributed by atoms with Gasteiger partial charge in [0, 0.05) is 41.9 Å². The minimum atomic E-state index is -1.18. The van der Waals surface area contributed by atoms with E-state index in [1.807, 2.05) is 0 Å². The van der Waals surface area contributed by atoms with Crippen LogP contribution in [-0.4, -0.2) is 57.4 Å². The fourth-order valence-electron chi connectivity index (χ4n) is 1.37. The molecule has 0 aromatic carbocycles. The van der Waals surface area contributed by atoms with Crippen molar-refractivity contribution in [3.63, 3.8) is 0 Å². The van der Waals surface area contributed by atoms with Gasteiger partial charge in [-0.1, -0.05) is 6.92 Å². The zero-order chi connectivity index (χ0) is 12.1. The summed E-state index contributed by atoms with van der Waals surface area (Å²) in [6, 6.07) is -0.136. The number of nitrogens with zero attached hydrogens (tertiary/aromatic N) is 1. The summed E-state index contributed by atoms with van der Waals surface area (Å²) in [4.78, 5) is 23.3. The highest BCUT2D eigenvalue weighted by Crippen LogP contribution is 2.01. The summed E-state index contributed by atoms with van der Waals surface area (Å²) in [6.07, 6.45) is 0. The Kier molecular flexibility index (Phi) is 4.72. The second-order valence-electron chi connectivity index (χ2n) is 3.77. The average molecular weight is 248 g/mol. The SMILES string of the molecule is CC(CS(=O)CCN1CCNC1=O)C(=O)O. The number of hydrogen-bond donors (Lipinski definition) is 2. The minimum Gasteiger partial charge on any atom is -0.481 e. The van der Waals surface area contributed by atoms with Crippen molar-refractivity contribution in [1.82, 2.24) is 10.2 Å². The molecule has 16 heavy (non-hydrogen) atoms. The molecule has 0 spiro atoms. The van der Waals surface area contributed by atoms with Crippen molar-refractivity contribution in [2.24, 2.45) is 5.92 Å². The molecule has 1 heterocycles. The van der Waals surface area contributed by atoms with Crippen LogP contribution in [0.15, 0.2) is 0 Å². The van der Waals surface area contributed by atoms with E-state index < -0.39 is 22.7 Å². The van der Waals surface area contributed by atoms with Crippen molar-refractivity contribution < 1.29 is 18.9 Å². The van der Waals surface area contributed by atoms with Crippen molar-refractivity contribution in [2.45, 2.75) is 6.92 Å². The summed E-state index contributed by atoms with van der Waals surface area (Å²) < 4.78 is 11.5. The third-order valence-corrected chi connectivity index (χ3v) is 3.90. The molecule has 1 aliphatic heterocycles. The lowest BCUT2D eigenvalue weighted by Gasteiger charge is -2.13. The van der Waals surface area contributed by atoms with Crippen molar-refractivity contribution in [1.29, 1.82) is 0 Å². The maximum absolute atomic E-state index is 11.5. The molecule has 0 aromatic heterocycles. The Labute approximate surface area is 96.5 Å². The van der Waals surface area contributed by atoms with Crippen LogP contribution in [0.2, 0.25) is 0 Å². The van der Waals surface area contributed by atoms with Crippen molar-refractivity contribution >= 4 is 22.8 Å². The molecular weight excluding hydrogens is 232 g/mol. The molecule has 0 bridgehead atoms. The zero-order valence-electron chi connectivity index (χ0n) is 9.14. The Hall–Kier alpha value is -1.11. The lowest BCUT2D eigenvalue weighted by Crippen LogP contribution is -2.32. The highest BCUT2D eigenvalue weighted by molar-refractivity contribution is 7.85. The summed E-state index contributed by atoms with van der Waals surface area (Å²) in [6.45, 7) is 3.20. The molecular formula is C9H16N2O4S. The Bertz CT molecular complexity index is 308. The first-order chi connectivity index (χ1) is 7.50. The second-order valence-corrected chi connectivity index (χ2v) is 5.39. The van der Waals surface area contributed by atoms with Crippen LogP contribution in [0.5, 0.6) is 0 Å². The van der Waals surface area contributed by atoms with Gasteiger partial charge in [-0.05, 0) is 0 Å². The molecule has 7 heteroatoms. The van der Waals surface area contributed by atoms with Crippen LogP contribution in [0.25, 0.3) is 0 Å².